The van der Waals surface area contributed by atoms with E-state index in [4.69, 9.17) is 5.10 Å². The number of nitrogens with zero attached hydrogens (tertiary/aromatic N) is 2. The number of hydrogen-bond acceptors (Lipinski definition) is 2. The molecule has 2 rings (SSSR count). The largest absolute Gasteiger partial charge is 0.388 e. The van der Waals surface area contributed by atoms with Crippen molar-refractivity contribution in [2.24, 2.45) is 5.92 Å². The van der Waals surface area contributed by atoms with Crippen molar-refractivity contribution in [3.63, 3.8) is 0 Å². The van der Waals surface area contributed by atoms with Gasteiger partial charge in [0.05, 0.1) is 17.8 Å². The van der Waals surface area contributed by atoms with Gasteiger partial charge in [-0.1, -0.05) is 20.3 Å². The van der Waals surface area contributed by atoms with Crippen LogP contribution in [-0.4, -0.2) is 14.9 Å². The van der Waals surface area contributed by atoms with E-state index in [1.165, 1.54) is 37.8 Å². The topological polar surface area (TPSA) is 38.0 Å². The summed E-state index contributed by atoms with van der Waals surface area (Å²) in [6, 6.07) is 0.541. The number of aryl methyl sites for hydroxylation is 1. The van der Waals surface area contributed by atoms with Crippen molar-refractivity contribution in [1.29, 1.82) is 0 Å². The molecule has 0 radical (unpaired) electrons. The molecule has 1 aliphatic carbocycles. The van der Waals surface area contributed by atoms with Gasteiger partial charge in [0.2, 0.25) is 0 Å². The molecule has 0 saturated heterocycles. The summed E-state index contributed by atoms with van der Waals surface area (Å²) in [6.07, 6.45) is 6.83. The SMILES string of the molecule is CCC1CCC(n2nc(C)c(C(O)CC)c2C)CC1. The van der Waals surface area contributed by atoms with Crippen molar-refractivity contribution in [2.75, 3.05) is 0 Å². The van der Waals surface area contributed by atoms with Crippen LogP contribution in [0.4, 0.5) is 0 Å². The molecule has 1 unspecified atom stereocenters. The van der Waals surface area contributed by atoms with E-state index < -0.39 is 0 Å². The van der Waals surface area contributed by atoms with Crippen LogP contribution in [0.1, 0.15) is 81.5 Å². The van der Waals surface area contributed by atoms with Gasteiger partial charge in [-0.25, -0.2) is 0 Å². The van der Waals surface area contributed by atoms with Crippen molar-refractivity contribution in [1.82, 2.24) is 9.78 Å². The third-order valence-electron chi connectivity index (χ3n) is 4.84. The first-order chi connectivity index (χ1) is 9.08. The summed E-state index contributed by atoms with van der Waals surface area (Å²) < 4.78 is 2.19. The molecule has 0 aromatic carbocycles. The van der Waals surface area contributed by atoms with Gasteiger partial charge in [0, 0.05) is 11.3 Å². The van der Waals surface area contributed by atoms with Crippen molar-refractivity contribution in [2.45, 2.75) is 78.4 Å². The van der Waals surface area contributed by atoms with Gasteiger partial charge < -0.3 is 5.11 Å². The monoisotopic (exact) mass is 264 g/mol. The Morgan fingerprint density at radius 1 is 1.21 bits per heavy atom. The Morgan fingerprint density at radius 2 is 1.84 bits per heavy atom. The first-order valence-electron chi connectivity index (χ1n) is 7.82. The fraction of sp³-hybridized carbons (Fsp3) is 0.812. The maximum Gasteiger partial charge on any atom is 0.0823 e. The van der Waals surface area contributed by atoms with E-state index in [0.29, 0.717) is 6.04 Å². The molecule has 0 aliphatic heterocycles. The number of aromatic nitrogens is 2. The van der Waals surface area contributed by atoms with Gasteiger partial charge >= 0.3 is 0 Å². The summed E-state index contributed by atoms with van der Waals surface area (Å²) in [5.41, 5.74) is 3.23. The predicted octanol–water partition coefficient (Wildman–Crippen LogP) is 4.08. The molecule has 3 heteroatoms. The third kappa shape index (κ3) is 2.86. The van der Waals surface area contributed by atoms with E-state index in [2.05, 4.69) is 18.5 Å². The summed E-state index contributed by atoms with van der Waals surface area (Å²) >= 11 is 0. The molecule has 3 nitrogen and oxygen atoms in total. The molecular weight excluding hydrogens is 236 g/mol. The second-order valence-electron chi connectivity index (χ2n) is 6.04. The Bertz CT molecular complexity index is 417. The van der Waals surface area contributed by atoms with Crippen LogP contribution >= 0.6 is 0 Å². The lowest BCUT2D eigenvalue weighted by Crippen LogP contribution is -2.20. The zero-order valence-corrected chi connectivity index (χ0v) is 12.8. The van der Waals surface area contributed by atoms with Crippen LogP contribution in [0.3, 0.4) is 0 Å². The smallest absolute Gasteiger partial charge is 0.0823 e. The lowest BCUT2D eigenvalue weighted by atomic mass is 9.84. The molecule has 1 atom stereocenters. The molecule has 1 fully saturated rings. The van der Waals surface area contributed by atoms with Gasteiger partial charge in [0.1, 0.15) is 0 Å². The minimum atomic E-state index is -0.360. The lowest BCUT2D eigenvalue weighted by molar-refractivity contribution is 0.171. The van der Waals surface area contributed by atoms with Crippen molar-refractivity contribution in [3.8, 4) is 0 Å². The molecule has 1 saturated carbocycles. The molecule has 19 heavy (non-hydrogen) atoms. The van der Waals surface area contributed by atoms with Crippen LogP contribution in [0.2, 0.25) is 0 Å². The molecule has 1 N–H and O–H groups in total. The van der Waals surface area contributed by atoms with Crippen molar-refractivity contribution in [3.05, 3.63) is 17.0 Å². The number of aliphatic hydroxyl groups excluding tert-OH is 1. The van der Waals surface area contributed by atoms with Crippen LogP contribution in [0, 0.1) is 19.8 Å². The van der Waals surface area contributed by atoms with Gasteiger partial charge in [0.25, 0.3) is 0 Å². The van der Waals surface area contributed by atoms with Crippen LogP contribution in [-0.2, 0) is 0 Å². The van der Waals surface area contributed by atoms with Crippen LogP contribution < -0.4 is 0 Å². The minimum absolute atomic E-state index is 0.360. The van der Waals surface area contributed by atoms with Crippen LogP contribution in [0.25, 0.3) is 0 Å². The second kappa shape index (κ2) is 6.08. The molecule has 1 aromatic heterocycles. The van der Waals surface area contributed by atoms with Gasteiger partial charge in [-0.05, 0) is 51.9 Å². The summed E-state index contributed by atoms with van der Waals surface area (Å²) in [5, 5.41) is 14.8. The Labute approximate surface area is 117 Å². The zero-order chi connectivity index (χ0) is 14.0. The average molecular weight is 264 g/mol. The highest BCUT2D eigenvalue weighted by atomic mass is 16.3. The highest BCUT2D eigenvalue weighted by molar-refractivity contribution is 5.27. The summed E-state index contributed by atoms with van der Waals surface area (Å²) in [7, 11) is 0. The van der Waals surface area contributed by atoms with E-state index in [1.807, 2.05) is 13.8 Å². The molecular formula is C16H28N2O. The lowest BCUT2D eigenvalue weighted by Gasteiger charge is -2.29. The van der Waals surface area contributed by atoms with Gasteiger partial charge in [0.15, 0.2) is 0 Å². The zero-order valence-electron chi connectivity index (χ0n) is 12.8. The Hall–Kier alpha value is -0.830. The Kier molecular flexibility index (Phi) is 4.67. The Balaban J connectivity index is 2.18. The molecule has 1 heterocycles. The highest BCUT2D eigenvalue weighted by Gasteiger charge is 2.26. The normalized spacial score (nSPS) is 25.5. The molecule has 1 aromatic rings. The van der Waals surface area contributed by atoms with E-state index in [0.717, 1.165) is 23.6 Å². The van der Waals surface area contributed by atoms with Crippen molar-refractivity contribution >= 4 is 0 Å². The standard InChI is InChI=1S/C16H28N2O/c1-5-13-7-9-14(10-8-13)18-12(4)16(11(3)17-18)15(19)6-2/h13-15,19H,5-10H2,1-4H3. The summed E-state index contributed by atoms with van der Waals surface area (Å²) in [6.45, 7) is 8.45. The van der Waals surface area contributed by atoms with Crippen LogP contribution in [0.15, 0.2) is 0 Å². The first kappa shape index (κ1) is 14.6. The predicted molar refractivity (Wildman–Crippen MR) is 78.2 cm³/mol. The Morgan fingerprint density at radius 3 is 2.37 bits per heavy atom. The molecule has 108 valence electrons. The average Bonchev–Trinajstić information content (AvgIpc) is 2.73. The number of rotatable bonds is 4. The van der Waals surface area contributed by atoms with E-state index in [-0.39, 0.29) is 6.10 Å². The molecule has 0 bridgehead atoms. The minimum Gasteiger partial charge on any atom is -0.388 e. The van der Waals surface area contributed by atoms with Gasteiger partial charge in [-0.3, -0.25) is 4.68 Å². The maximum absolute atomic E-state index is 10.1. The molecule has 0 spiro atoms. The molecule has 1 aliphatic rings. The molecule has 0 amide bonds. The van der Waals surface area contributed by atoms with Gasteiger partial charge in [-0.2, -0.15) is 5.10 Å². The third-order valence-corrected chi connectivity index (χ3v) is 4.84. The van der Waals surface area contributed by atoms with E-state index in [1.54, 1.807) is 0 Å². The summed E-state index contributed by atoms with van der Waals surface area (Å²) in [5.74, 6) is 0.911. The fourth-order valence-corrected chi connectivity index (χ4v) is 3.52. The fourth-order valence-electron chi connectivity index (χ4n) is 3.52. The number of aliphatic hydroxyl groups is 1. The second-order valence-corrected chi connectivity index (χ2v) is 6.04. The quantitative estimate of drug-likeness (QED) is 0.889. The van der Waals surface area contributed by atoms with E-state index >= 15 is 0 Å². The summed E-state index contributed by atoms with van der Waals surface area (Å²) in [4.78, 5) is 0. The highest BCUT2D eigenvalue weighted by Crippen LogP contribution is 2.35. The maximum atomic E-state index is 10.1. The number of hydrogen-bond donors (Lipinski definition) is 1. The van der Waals surface area contributed by atoms with Crippen molar-refractivity contribution < 1.29 is 5.11 Å². The van der Waals surface area contributed by atoms with Gasteiger partial charge in [-0.15, -0.1) is 0 Å². The van der Waals surface area contributed by atoms with E-state index in [9.17, 15) is 5.11 Å². The first-order valence-corrected chi connectivity index (χ1v) is 7.82. The van der Waals surface area contributed by atoms with Crippen LogP contribution in [0.5, 0.6) is 0 Å².